The van der Waals surface area contributed by atoms with Crippen molar-refractivity contribution in [3.63, 3.8) is 0 Å². The van der Waals surface area contributed by atoms with Gasteiger partial charge in [0.15, 0.2) is 5.96 Å². The molecule has 0 spiro atoms. The van der Waals surface area contributed by atoms with E-state index in [1.54, 1.807) is 7.05 Å². The minimum atomic E-state index is -0.482. The number of carbonyl (C=O) groups excluding carboxylic acids is 1. The zero-order chi connectivity index (χ0) is 18.4. The monoisotopic (exact) mass is 538 g/mol. The number of halogens is 2. The highest BCUT2D eigenvalue weighted by molar-refractivity contribution is 14.0. The van der Waals surface area contributed by atoms with Crippen LogP contribution < -0.4 is 10.6 Å². The minimum Gasteiger partial charge on any atom is -0.444 e. The molecule has 1 saturated heterocycles. The van der Waals surface area contributed by atoms with E-state index in [1.807, 2.05) is 32.9 Å². The standard InChI is InChI=1S/C18H27BrN4O2.HI/c1-18(2,3)25-17(24)22-15-8-9-23(12-15)16(20-4)21-11-13-6-5-7-14(19)10-13;/h5-7,10,15H,8-9,11-12H2,1-4H3,(H,20,21)(H,22,24);1H. The van der Waals surface area contributed by atoms with E-state index in [0.29, 0.717) is 6.54 Å². The molecule has 1 aromatic carbocycles. The molecule has 8 heteroatoms. The largest absolute Gasteiger partial charge is 0.444 e. The van der Waals surface area contributed by atoms with Crippen LogP contribution in [0.15, 0.2) is 33.7 Å². The second-order valence-electron chi connectivity index (χ2n) is 7.11. The summed E-state index contributed by atoms with van der Waals surface area (Å²) in [6, 6.07) is 8.24. The molecule has 1 unspecified atom stereocenters. The summed E-state index contributed by atoms with van der Waals surface area (Å²) in [6.45, 7) is 7.85. The molecule has 26 heavy (non-hydrogen) atoms. The average molecular weight is 539 g/mol. The zero-order valence-corrected chi connectivity index (χ0v) is 19.6. The number of alkyl carbamates (subject to hydrolysis) is 1. The number of ether oxygens (including phenoxy) is 1. The van der Waals surface area contributed by atoms with Crippen molar-refractivity contribution in [1.29, 1.82) is 0 Å². The Balaban J connectivity index is 0.00000338. The number of carbonyl (C=O) groups is 1. The van der Waals surface area contributed by atoms with Crippen molar-refractivity contribution in [2.45, 2.75) is 45.4 Å². The Morgan fingerprint density at radius 2 is 2.15 bits per heavy atom. The highest BCUT2D eigenvalue weighted by atomic mass is 127. The lowest BCUT2D eigenvalue weighted by Crippen LogP contribution is -2.44. The van der Waals surface area contributed by atoms with E-state index in [-0.39, 0.29) is 36.1 Å². The molecular formula is C18H28BrIN4O2. The molecule has 1 aliphatic heterocycles. The van der Waals surface area contributed by atoms with E-state index in [4.69, 9.17) is 4.74 Å². The maximum Gasteiger partial charge on any atom is 0.407 e. The van der Waals surface area contributed by atoms with E-state index in [2.05, 4.69) is 48.6 Å². The van der Waals surface area contributed by atoms with Crippen LogP contribution in [0.5, 0.6) is 0 Å². The van der Waals surface area contributed by atoms with Crippen LogP contribution in [0.3, 0.4) is 0 Å². The van der Waals surface area contributed by atoms with Gasteiger partial charge in [0.2, 0.25) is 0 Å². The molecule has 0 bridgehead atoms. The summed E-state index contributed by atoms with van der Waals surface area (Å²) in [5.41, 5.74) is 0.697. The number of aliphatic imine (C=N–C) groups is 1. The lowest BCUT2D eigenvalue weighted by molar-refractivity contribution is 0.0507. The smallest absolute Gasteiger partial charge is 0.407 e. The Morgan fingerprint density at radius 1 is 1.42 bits per heavy atom. The van der Waals surface area contributed by atoms with E-state index in [0.717, 1.165) is 29.9 Å². The Bertz CT molecular complexity index is 634. The lowest BCUT2D eigenvalue weighted by Gasteiger charge is -2.23. The number of hydrogen-bond donors (Lipinski definition) is 2. The van der Waals surface area contributed by atoms with E-state index in [1.165, 1.54) is 5.56 Å². The van der Waals surface area contributed by atoms with E-state index < -0.39 is 5.60 Å². The van der Waals surface area contributed by atoms with Crippen LogP contribution in [0.2, 0.25) is 0 Å². The van der Waals surface area contributed by atoms with Gasteiger partial charge in [-0.05, 0) is 44.9 Å². The van der Waals surface area contributed by atoms with Crippen LogP contribution in [0.1, 0.15) is 32.8 Å². The highest BCUT2D eigenvalue weighted by Crippen LogP contribution is 2.13. The minimum absolute atomic E-state index is 0. The zero-order valence-electron chi connectivity index (χ0n) is 15.7. The predicted molar refractivity (Wildman–Crippen MR) is 119 cm³/mol. The Hall–Kier alpha value is -1.03. The summed E-state index contributed by atoms with van der Waals surface area (Å²) < 4.78 is 6.38. The van der Waals surface area contributed by atoms with E-state index >= 15 is 0 Å². The van der Waals surface area contributed by atoms with Gasteiger partial charge in [0.25, 0.3) is 0 Å². The van der Waals surface area contributed by atoms with Crippen molar-refractivity contribution in [3.05, 3.63) is 34.3 Å². The van der Waals surface area contributed by atoms with Gasteiger partial charge in [0, 0.05) is 31.2 Å². The van der Waals surface area contributed by atoms with Gasteiger partial charge in [-0.2, -0.15) is 0 Å². The molecular weight excluding hydrogens is 511 g/mol. The maximum absolute atomic E-state index is 11.9. The molecule has 1 aliphatic rings. The summed E-state index contributed by atoms with van der Waals surface area (Å²) in [5.74, 6) is 0.841. The predicted octanol–water partition coefficient (Wildman–Crippen LogP) is 3.74. The average Bonchev–Trinajstić information content (AvgIpc) is 2.94. The van der Waals surface area contributed by atoms with Crippen LogP contribution in [-0.4, -0.2) is 48.7 Å². The van der Waals surface area contributed by atoms with Crippen LogP contribution in [0.25, 0.3) is 0 Å². The molecule has 0 aromatic heterocycles. The number of benzene rings is 1. The first-order valence-electron chi connectivity index (χ1n) is 8.46. The van der Waals surface area contributed by atoms with Crippen molar-refractivity contribution in [1.82, 2.24) is 15.5 Å². The van der Waals surface area contributed by atoms with Crippen LogP contribution in [0.4, 0.5) is 4.79 Å². The third kappa shape index (κ3) is 7.69. The number of hydrogen-bond acceptors (Lipinski definition) is 3. The first-order valence-corrected chi connectivity index (χ1v) is 9.25. The molecule has 0 radical (unpaired) electrons. The van der Waals surface area contributed by atoms with Crippen LogP contribution in [0, 0.1) is 0 Å². The summed E-state index contributed by atoms with van der Waals surface area (Å²) in [6.07, 6.45) is 0.507. The van der Waals surface area contributed by atoms with Crippen molar-refractivity contribution >= 4 is 52.0 Å². The number of likely N-dealkylation sites (tertiary alicyclic amines) is 1. The molecule has 2 rings (SSSR count). The first kappa shape index (κ1) is 23.0. The van der Waals surface area contributed by atoms with Gasteiger partial charge in [0.1, 0.15) is 5.60 Å². The fourth-order valence-corrected chi connectivity index (χ4v) is 3.15. The second-order valence-corrected chi connectivity index (χ2v) is 8.02. The number of amides is 1. The second kappa shape index (κ2) is 10.3. The van der Waals surface area contributed by atoms with E-state index in [9.17, 15) is 4.79 Å². The van der Waals surface area contributed by atoms with Gasteiger partial charge in [-0.3, -0.25) is 4.99 Å². The molecule has 1 heterocycles. The first-order chi connectivity index (χ1) is 11.8. The van der Waals surface area contributed by atoms with Gasteiger partial charge in [-0.15, -0.1) is 24.0 Å². The van der Waals surface area contributed by atoms with Crippen molar-refractivity contribution in [3.8, 4) is 0 Å². The molecule has 1 aromatic rings. The van der Waals surface area contributed by atoms with Crippen LogP contribution >= 0.6 is 39.9 Å². The molecule has 146 valence electrons. The van der Waals surface area contributed by atoms with Gasteiger partial charge in [-0.1, -0.05) is 28.1 Å². The van der Waals surface area contributed by atoms with Crippen LogP contribution in [-0.2, 0) is 11.3 Å². The third-order valence-corrected chi connectivity index (χ3v) is 4.25. The Morgan fingerprint density at radius 3 is 2.77 bits per heavy atom. The summed E-state index contributed by atoms with van der Waals surface area (Å²) in [7, 11) is 1.78. The summed E-state index contributed by atoms with van der Waals surface area (Å²) in [5, 5.41) is 6.31. The third-order valence-electron chi connectivity index (χ3n) is 3.76. The van der Waals surface area contributed by atoms with Gasteiger partial charge >= 0.3 is 6.09 Å². The molecule has 1 fully saturated rings. The molecule has 2 N–H and O–H groups in total. The lowest BCUT2D eigenvalue weighted by atomic mass is 10.2. The Kier molecular flexibility index (Phi) is 9.15. The van der Waals surface area contributed by atoms with Crippen molar-refractivity contribution in [2.75, 3.05) is 20.1 Å². The van der Waals surface area contributed by atoms with Gasteiger partial charge in [0.05, 0.1) is 6.04 Å². The van der Waals surface area contributed by atoms with Gasteiger partial charge in [-0.25, -0.2) is 4.79 Å². The molecule has 6 nitrogen and oxygen atoms in total. The van der Waals surface area contributed by atoms with Gasteiger partial charge < -0.3 is 20.3 Å². The number of nitrogens with one attached hydrogen (secondary N) is 2. The van der Waals surface area contributed by atoms with Crippen molar-refractivity contribution < 1.29 is 9.53 Å². The molecule has 1 atom stereocenters. The summed E-state index contributed by atoms with van der Waals surface area (Å²) >= 11 is 3.48. The SMILES string of the molecule is CN=C(NCc1cccc(Br)c1)N1CCC(NC(=O)OC(C)(C)C)C1.I. The summed E-state index contributed by atoms with van der Waals surface area (Å²) in [4.78, 5) is 18.4. The molecule has 1 amide bonds. The highest BCUT2D eigenvalue weighted by Gasteiger charge is 2.27. The number of guanidine groups is 1. The number of rotatable bonds is 3. The quantitative estimate of drug-likeness (QED) is 0.349. The van der Waals surface area contributed by atoms with Crippen molar-refractivity contribution in [2.24, 2.45) is 4.99 Å². The fourth-order valence-electron chi connectivity index (χ4n) is 2.71. The fraction of sp³-hybridized carbons (Fsp3) is 0.556. The molecule has 0 aliphatic carbocycles. The number of nitrogens with zero attached hydrogens (tertiary/aromatic N) is 2. The maximum atomic E-state index is 11.9. The Labute approximate surface area is 181 Å². The normalized spacial score (nSPS) is 17.5. The molecule has 0 saturated carbocycles. The topological polar surface area (TPSA) is 66.0 Å².